The van der Waals surface area contributed by atoms with Gasteiger partial charge in [-0.05, 0) is 49.1 Å². The summed E-state index contributed by atoms with van der Waals surface area (Å²) < 4.78 is 23.3. The van der Waals surface area contributed by atoms with E-state index < -0.39 is 0 Å². The highest BCUT2D eigenvalue weighted by Crippen LogP contribution is 2.34. The minimum Gasteiger partial charge on any atom is -0.490 e. The van der Waals surface area contributed by atoms with Gasteiger partial charge in [0.1, 0.15) is 24.3 Å². The molecule has 6 nitrogen and oxygen atoms in total. The van der Waals surface area contributed by atoms with Crippen LogP contribution in [-0.2, 0) is 13.0 Å². The second-order valence-electron chi connectivity index (χ2n) is 7.49. The molecule has 0 N–H and O–H groups in total. The van der Waals surface area contributed by atoms with Gasteiger partial charge in [-0.1, -0.05) is 18.2 Å². The highest BCUT2D eigenvalue weighted by atomic mass is 32.1. The zero-order chi connectivity index (χ0) is 21.9. The zero-order valence-corrected chi connectivity index (χ0v) is 18.5. The van der Waals surface area contributed by atoms with E-state index in [4.69, 9.17) is 18.6 Å². The molecule has 5 rings (SSSR count). The maximum absolute atomic E-state index is 13.2. The molecule has 0 saturated heterocycles. The molecule has 164 valence electrons. The van der Waals surface area contributed by atoms with Crippen molar-refractivity contribution in [1.29, 1.82) is 0 Å². The van der Waals surface area contributed by atoms with Crippen LogP contribution in [-0.4, -0.2) is 24.8 Å². The molecule has 1 aliphatic rings. The second kappa shape index (κ2) is 9.06. The molecular formula is C25H23NO5S. The van der Waals surface area contributed by atoms with E-state index in [0.29, 0.717) is 42.4 Å². The Morgan fingerprint density at radius 1 is 1.06 bits per heavy atom. The number of para-hydroxylation sites is 2. The summed E-state index contributed by atoms with van der Waals surface area (Å²) in [5, 5.41) is 2.56. The van der Waals surface area contributed by atoms with Gasteiger partial charge in [-0.25, -0.2) is 0 Å². The summed E-state index contributed by atoms with van der Waals surface area (Å²) in [7, 11) is 0. The van der Waals surface area contributed by atoms with Crippen LogP contribution in [0.25, 0.3) is 11.0 Å². The number of benzene rings is 2. The predicted octanol–water partition coefficient (Wildman–Crippen LogP) is 5.44. The normalized spacial score (nSPS) is 13.5. The highest BCUT2D eigenvalue weighted by Gasteiger charge is 2.23. The van der Waals surface area contributed by atoms with Crippen molar-refractivity contribution in [2.75, 3.05) is 19.9 Å². The third-order valence-corrected chi connectivity index (χ3v) is 6.31. The molecule has 1 aliphatic heterocycles. The largest absolute Gasteiger partial charge is 0.490 e. The van der Waals surface area contributed by atoms with Crippen LogP contribution in [0.2, 0.25) is 0 Å². The molecule has 2 aromatic carbocycles. The molecule has 7 heteroatoms. The molecule has 0 atom stereocenters. The quantitative estimate of drug-likeness (QED) is 0.374. The molecule has 0 unspecified atom stereocenters. The van der Waals surface area contributed by atoms with Crippen molar-refractivity contribution < 1.29 is 18.6 Å². The van der Waals surface area contributed by atoms with E-state index in [0.717, 1.165) is 24.3 Å². The Labute approximate surface area is 189 Å². The van der Waals surface area contributed by atoms with Gasteiger partial charge in [-0.15, -0.1) is 11.3 Å². The SMILES string of the molecule is CCOc1ccccc1Oc1coc2c3c(ccc2c1=O)OCN(CCc1cccs1)C3. The summed E-state index contributed by atoms with van der Waals surface area (Å²) in [5.41, 5.74) is 1.20. The van der Waals surface area contributed by atoms with Crippen LogP contribution >= 0.6 is 11.3 Å². The van der Waals surface area contributed by atoms with Crippen LogP contribution in [0.1, 0.15) is 17.4 Å². The molecule has 0 aliphatic carbocycles. The highest BCUT2D eigenvalue weighted by molar-refractivity contribution is 7.09. The van der Waals surface area contributed by atoms with Gasteiger partial charge < -0.3 is 18.6 Å². The minimum atomic E-state index is -0.226. The lowest BCUT2D eigenvalue weighted by atomic mass is 10.1. The molecule has 0 radical (unpaired) electrons. The summed E-state index contributed by atoms with van der Waals surface area (Å²) in [6, 6.07) is 15.0. The van der Waals surface area contributed by atoms with Crippen molar-refractivity contribution in [1.82, 2.24) is 4.90 Å². The number of fused-ring (bicyclic) bond motifs is 3. The summed E-state index contributed by atoms with van der Waals surface area (Å²) in [6.07, 6.45) is 2.33. The number of thiophene rings is 1. The van der Waals surface area contributed by atoms with Gasteiger partial charge >= 0.3 is 0 Å². The van der Waals surface area contributed by atoms with Crippen molar-refractivity contribution in [2.24, 2.45) is 0 Å². The van der Waals surface area contributed by atoms with Crippen LogP contribution in [0, 0.1) is 0 Å². The fourth-order valence-electron chi connectivity index (χ4n) is 3.80. The average Bonchev–Trinajstić information content (AvgIpc) is 3.34. The molecule has 0 amide bonds. The Kier molecular flexibility index (Phi) is 5.83. The van der Waals surface area contributed by atoms with Gasteiger partial charge in [0.2, 0.25) is 11.2 Å². The molecule has 0 saturated carbocycles. The average molecular weight is 450 g/mol. The standard InChI is InChI=1S/C25H23NO5S/c1-2-28-21-7-3-4-8-22(21)31-23-15-29-25-18(24(23)27)9-10-20-19(25)14-26(16-30-20)12-11-17-6-5-13-32-17/h3-10,13,15H,2,11-12,14,16H2,1H3. The van der Waals surface area contributed by atoms with Crippen LogP contribution in [0.4, 0.5) is 0 Å². The van der Waals surface area contributed by atoms with Gasteiger partial charge in [-0.3, -0.25) is 9.69 Å². The first-order chi connectivity index (χ1) is 15.7. The van der Waals surface area contributed by atoms with Gasteiger partial charge in [0.05, 0.1) is 17.6 Å². The molecule has 2 aromatic heterocycles. The molecule has 3 heterocycles. The van der Waals surface area contributed by atoms with E-state index in [1.54, 1.807) is 29.5 Å². The maximum atomic E-state index is 13.2. The van der Waals surface area contributed by atoms with Crippen molar-refractivity contribution in [3.63, 3.8) is 0 Å². The van der Waals surface area contributed by atoms with Gasteiger partial charge in [0, 0.05) is 18.0 Å². The number of nitrogens with zero attached hydrogens (tertiary/aromatic N) is 1. The summed E-state index contributed by atoms with van der Waals surface area (Å²) >= 11 is 1.76. The zero-order valence-electron chi connectivity index (χ0n) is 17.7. The Morgan fingerprint density at radius 3 is 2.75 bits per heavy atom. The maximum Gasteiger partial charge on any atom is 0.235 e. The summed E-state index contributed by atoms with van der Waals surface area (Å²) in [4.78, 5) is 16.7. The van der Waals surface area contributed by atoms with Gasteiger partial charge in [0.25, 0.3) is 0 Å². The molecule has 0 spiro atoms. The van der Waals surface area contributed by atoms with Gasteiger partial charge in [0.15, 0.2) is 11.5 Å². The van der Waals surface area contributed by atoms with E-state index in [1.165, 1.54) is 11.1 Å². The molecule has 0 fully saturated rings. The predicted molar refractivity (Wildman–Crippen MR) is 124 cm³/mol. The Morgan fingerprint density at radius 2 is 1.94 bits per heavy atom. The monoisotopic (exact) mass is 449 g/mol. The number of hydrogen-bond donors (Lipinski definition) is 0. The molecule has 32 heavy (non-hydrogen) atoms. The summed E-state index contributed by atoms with van der Waals surface area (Å²) in [6.45, 7) is 4.45. The fourth-order valence-corrected chi connectivity index (χ4v) is 4.50. The van der Waals surface area contributed by atoms with Crippen LogP contribution in [0.15, 0.2) is 69.4 Å². The molecular weight excluding hydrogens is 426 g/mol. The lowest BCUT2D eigenvalue weighted by Gasteiger charge is -2.29. The lowest BCUT2D eigenvalue weighted by molar-refractivity contribution is 0.0970. The number of hydrogen-bond acceptors (Lipinski definition) is 7. The van der Waals surface area contributed by atoms with Crippen molar-refractivity contribution in [3.05, 3.63) is 80.8 Å². The smallest absolute Gasteiger partial charge is 0.235 e. The first-order valence-electron chi connectivity index (χ1n) is 10.6. The minimum absolute atomic E-state index is 0.121. The third kappa shape index (κ3) is 4.09. The Balaban J connectivity index is 1.42. The van der Waals surface area contributed by atoms with E-state index in [9.17, 15) is 4.79 Å². The molecule has 0 bridgehead atoms. The second-order valence-corrected chi connectivity index (χ2v) is 8.52. The van der Waals surface area contributed by atoms with Crippen molar-refractivity contribution in [3.8, 4) is 23.0 Å². The van der Waals surface area contributed by atoms with E-state index in [-0.39, 0.29) is 11.2 Å². The van der Waals surface area contributed by atoms with Crippen LogP contribution in [0.5, 0.6) is 23.0 Å². The first-order valence-corrected chi connectivity index (χ1v) is 11.5. The van der Waals surface area contributed by atoms with Crippen LogP contribution < -0.4 is 19.6 Å². The van der Waals surface area contributed by atoms with E-state index in [2.05, 4.69) is 22.4 Å². The third-order valence-electron chi connectivity index (χ3n) is 5.38. The van der Waals surface area contributed by atoms with E-state index in [1.807, 2.05) is 25.1 Å². The van der Waals surface area contributed by atoms with Crippen molar-refractivity contribution >= 4 is 22.3 Å². The van der Waals surface area contributed by atoms with Crippen LogP contribution in [0.3, 0.4) is 0 Å². The molecule has 4 aromatic rings. The Hall–Kier alpha value is -3.29. The lowest BCUT2D eigenvalue weighted by Crippen LogP contribution is -2.33. The van der Waals surface area contributed by atoms with E-state index >= 15 is 0 Å². The topological polar surface area (TPSA) is 61.1 Å². The first kappa shape index (κ1) is 20.6. The van der Waals surface area contributed by atoms with Crippen molar-refractivity contribution in [2.45, 2.75) is 19.9 Å². The number of ether oxygens (including phenoxy) is 3. The summed E-state index contributed by atoms with van der Waals surface area (Å²) in [5.74, 6) is 1.93. The Bertz CT molecular complexity index is 1280. The fraction of sp³-hybridized carbons (Fsp3) is 0.240. The number of rotatable bonds is 7. The van der Waals surface area contributed by atoms with Gasteiger partial charge in [-0.2, -0.15) is 0 Å².